The molecular formula is C14H18F2O2. The summed E-state index contributed by atoms with van der Waals surface area (Å²) in [6.07, 6.45) is 1.11. The molecule has 0 aliphatic heterocycles. The third-order valence-electron chi connectivity index (χ3n) is 3.26. The van der Waals surface area contributed by atoms with Crippen LogP contribution in [0.15, 0.2) is 18.2 Å². The number of halogens is 2. The van der Waals surface area contributed by atoms with E-state index in [1.54, 1.807) is 0 Å². The highest BCUT2D eigenvalue weighted by Gasteiger charge is 2.36. The Balaban J connectivity index is 2.04. The van der Waals surface area contributed by atoms with E-state index in [-0.39, 0.29) is 18.1 Å². The van der Waals surface area contributed by atoms with Crippen LogP contribution in [0.4, 0.5) is 8.78 Å². The molecule has 0 amide bonds. The summed E-state index contributed by atoms with van der Waals surface area (Å²) in [6.45, 7) is 2.38. The Bertz CT molecular complexity index is 405. The summed E-state index contributed by atoms with van der Waals surface area (Å²) in [5, 5.41) is 10.1. The van der Waals surface area contributed by atoms with Crippen molar-refractivity contribution in [2.24, 2.45) is 5.92 Å². The van der Waals surface area contributed by atoms with E-state index in [0.29, 0.717) is 12.5 Å². The van der Waals surface area contributed by atoms with E-state index in [1.807, 2.05) is 6.92 Å². The molecule has 1 saturated carbocycles. The van der Waals surface area contributed by atoms with Crippen LogP contribution in [0.3, 0.4) is 0 Å². The number of hydrogen-bond acceptors (Lipinski definition) is 2. The smallest absolute Gasteiger partial charge is 0.126 e. The first-order valence-corrected chi connectivity index (χ1v) is 6.35. The van der Waals surface area contributed by atoms with E-state index in [0.717, 1.165) is 31.0 Å². The molecule has 1 N–H and O–H groups in total. The lowest BCUT2D eigenvalue weighted by molar-refractivity contribution is -0.0442. The topological polar surface area (TPSA) is 29.5 Å². The first-order valence-electron chi connectivity index (χ1n) is 6.35. The van der Waals surface area contributed by atoms with Crippen LogP contribution >= 0.6 is 0 Å². The van der Waals surface area contributed by atoms with Crippen molar-refractivity contribution in [1.82, 2.24) is 0 Å². The molecule has 0 heterocycles. The number of ether oxygens (including phenoxy) is 1. The molecule has 2 rings (SSSR count). The normalized spacial score (nSPS) is 18.7. The molecule has 2 nitrogen and oxygen atoms in total. The lowest BCUT2D eigenvalue weighted by Crippen LogP contribution is -2.33. The molecule has 0 saturated heterocycles. The quantitative estimate of drug-likeness (QED) is 0.848. The zero-order valence-electron chi connectivity index (χ0n) is 10.4. The number of rotatable bonds is 6. The molecule has 0 bridgehead atoms. The fourth-order valence-corrected chi connectivity index (χ4v) is 2.22. The Kier molecular flexibility index (Phi) is 4.30. The highest BCUT2D eigenvalue weighted by molar-refractivity contribution is 5.20. The van der Waals surface area contributed by atoms with Crippen LogP contribution in [0.2, 0.25) is 0 Å². The van der Waals surface area contributed by atoms with Crippen molar-refractivity contribution in [2.45, 2.75) is 38.4 Å². The molecule has 1 aromatic carbocycles. The predicted molar refractivity (Wildman–Crippen MR) is 64.2 cm³/mol. The lowest BCUT2D eigenvalue weighted by Gasteiger charge is -2.22. The van der Waals surface area contributed by atoms with Gasteiger partial charge in [-0.05, 0) is 49.4 Å². The Morgan fingerprint density at radius 2 is 2.11 bits per heavy atom. The minimum atomic E-state index is -0.784. The van der Waals surface area contributed by atoms with Crippen LogP contribution in [0.1, 0.15) is 25.3 Å². The molecule has 0 aromatic heterocycles. The second-order valence-electron chi connectivity index (χ2n) is 4.76. The van der Waals surface area contributed by atoms with E-state index in [1.165, 1.54) is 0 Å². The van der Waals surface area contributed by atoms with Crippen LogP contribution in [0, 0.1) is 17.6 Å². The van der Waals surface area contributed by atoms with Gasteiger partial charge in [0.25, 0.3) is 0 Å². The molecule has 1 aliphatic carbocycles. The highest BCUT2D eigenvalue weighted by Crippen LogP contribution is 2.36. The van der Waals surface area contributed by atoms with E-state index in [2.05, 4.69) is 0 Å². The van der Waals surface area contributed by atoms with Crippen LogP contribution < -0.4 is 0 Å². The molecule has 100 valence electrons. The monoisotopic (exact) mass is 256 g/mol. The molecule has 18 heavy (non-hydrogen) atoms. The highest BCUT2D eigenvalue weighted by atomic mass is 19.1. The van der Waals surface area contributed by atoms with Gasteiger partial charge in [-0.25, -0.2) is 8.78 Å². The summed E-state index contributed by atoms with van der Waals surface area (Å²) in [7, 11) is 0. The van der Waals surface area contributed by atoms with Gasteiger partial charge in [0.1, 0.15) is 11.6 Å². The standard InChI is InChI=1S/C14H18F2O2/c1-2-18-14(9-3-4-9)13(17)8-10-7-11(15)5-6-12(10)16/h5-7,9,13-14,17H,2-4,8H2,1H3. The summed E-state index contributed by atoms with van der Waals surface area (Å²) in [5.74, 6) is -0.615. The molecule has 0 spiro atoms. The number of benzene rings is 1. The van der Waals surface area contributed by atoms with Crippen molar-refractivity contribution in [3.63, 3.8) is 0 Å². The van der Waals surface area contributed by atoms with Gasteiger partial charge in [0.15, 0.2) is 0 Å². The zero-order valence-corrected chi connectivity index (χ0v) is 10.4. The van der Waals surface area contributed by atoms with Crippen molar-refractivity contribution in [3.8, 4) is 0 Å². The minimum Gasteiger partial charge on any atom is -0.390 e. The summed E-state index contributed by atoms with van der Waals surface area (Å²) in [4.78, 5) is 0. The Morgan fingerprint density at radius 1 is 1.39 bits per heavy atom. The Labute approximate surface area is 106 Å². The fourth-order valence-electron chi connectivity index (χ4n) is 2.22. The van der Waals surface area contributed by atoms with Gasteiger partial charge in [-0.15, -0.1) is 0 Å². The molecule has 2 unspecified atom stereocenters. The molecular weight excluding hydrogens is 238 g/mol. The number of hydrogen-bond donors (Lipinski definition) is 1. The second-order valence-corrected chi connectivity index (χ2v) is 4.76. The average Bonchev–Trinajstić information content (AvgIpc) is 3.14. The third kappa shape index (κ3) is 3.27. The van der Waals surface area contributed by atoms with Gasteiger partial charge in [-0.3, -0.25) is 0 Å². The maximum atomic E-state index is 13.5. The van der Waals surface area contributed by atoms with Crippen LogP contribution in [0.25, 0.3) is 0 Å². The minimum absolute atomic E-state index is 0.0881. The largest absolute Gasteiger partial charge is 0.390 e. The van der Waals surface area contributed by atoms with E-state index in [4.69, 9.17) is 4.74 Å². The van der Waals surface area contributed by atoms with Gasteiger partial charge < -0.3 is 9.84 Å². The maximum absolute atomic E-state index is 13.5. The van der Waals surface area contributed by atoms with Crippen LogP contribution in [0.5, 0.6) is 0 Å². The SMILES string of the molecule is CCOC(C(O)Cc1cc(F)ccc1F)C1CC1. The fraction of sp³-hybridized carbons (Fsp3) is 0.571. The second kappa shape index (κ2) is 5.76. The van der Waals surface area contributed by atoms with Crippen LogP contribution in [-0.4, -0.2) is 23.9 Å². The van der Waals surface area contributed by atoms with Gasteiger partial charge in [0, 0.05) is 13.0 Å². The van der Waals surface area contributed by atoms with Gasteiger partial charge >= 0.3 is 0 Å². The van der Waals surface area contributed by atoms with Crippen molar-refractivity contribution in [3.05, 3.63) is 35.4 Å². The van der Waals surface area contributed by atoms with E-state index >= 15 is 0 Å². The van der Waals surface area contributed by atoms with E-state index < -0.39 is 17.7 Å². The third-order valence-corrected chi connectivity index (χ3v) is 3.26. The molecule has 1 aliphatic rings. The lowest BCUT2D eigenvalue weighted by atomic mass is 10.0. The number of aliphatic hydroxyl groups is 1. The number of aliphatic hydroxyl groups excluding tert-OH is 1. The van der Waals surface area contributed by atoms with Gasteiger partial charge in [-0.1, -0.05) is 0 Å². The molecule has 4 heteroatoms. The average molecular weight is 256 g/mol. The van der Waals surface area contributed by atoms with Crippen molar-refractivity contribution < 1.29 is 18.6 Å². The van der Waals surface area contributed by atoms with Gasteiger partial charge in [-0.2, -0.15) is 0 Å². The van der Waals surface area contributed by atoms with Crippen LogP contribution in [-0.2, 0) is 11.2 Å². The summed E-state index contributed by atoms with van der Waals surface area (Å²) >= 11 is 0. The Hall–Kier alpha value is -1.00. The molecule has 1 fully saturated rings. The summed E-state index contributed by atoms with van der Waals surface area (Å²) in [6, 6.07) is 3.30. The first kappa shape index (κ1) is 13.4. The van der Waals surface area contributed by atoms with Crippen molar-refractivity contribution in [2.75, 3.05) is 6.61 Å². The summed E-state index contributed by atoms with van der Waals surface area (Å²) < 4.78 is 32.0. The molecule has 0 radical (unpaired) electrons. The van der Waals surface area contributed by atoms with Gasteiger partial charge in [0.2, 0.25) is 0 Å². The molecule has 2 atom stereocenters. The molecule has 1 aromatic rings. The first-order chi connectivity index (χ1) is 8.61. The predicted octanol–water partition coefficient (Wildman–Crippen LogP) is 2.68. The summed E-state index contributed by atoms with van der Waals surface area (Å²) in [5.41, 5.74) is 0.202. The van der Waals surface area contributed by atoms with Gasteiger partial charge in [0.05, 0.1) is 12.2 Å². The Morgan fingerprint density at radius 3 is 2.72 bits per heavy atom. The van der Waals surface area contributed by atoms with Crippen molar-refractivity contribution >= 4 is 0 Å². The zero-order chi connectivity index (χ0) is 13.1. The van der Waals surface area contributed by atoms with Crippen molar-refractivity contribution in [1.29, 1.82) is 0 Å². The maximum Gasteiger partial charge on any atom is 0.126 e. The van der Waals surface area contributed by atoms with E-state index in [9.17, 15) is 13.9 Å².